The van der Waals surface area contributed by atoms with Crippen LogP contribution in [0.1, 0.15) is 55.0 Å². The van der Waals surface area contributed by atoms with Gasteiger partial charge in [-0.1, -0.05) is 64.8 Å². The van der Waals surface area contributed by atoms with E-state index in [9.17, 15) is 0 Å². The van der Waals surface area contributed by atoms with Crippen LogP contribution < -0.4 is 5.32 Å². The standard InChI is InChI=1S/C19H22BrN/c1-14(16-10-5-6-12-18(16)20)21-19-13-7-3-9-15-8-2-4-11-17(15)19/h2,4-6,8,10-12,14,19,21H,3,7,9,13H2,1H3/t14-,19?/m0/s1. The van der Waals surface area contributed by atoms with Crippen molar-refractivity contribution >= 4 is 15.9 Å². The molecule has 0 radical (unpaired) electrons. The molecule has 2 aromatic rings. The van der Waals surface area contributed by atoms with Gasteiger partial charge >= 0.3 is 0 Å². The summed E-state index contributed by atoms with van der Waals surface area (Å²) < 4.78 is 1.19. The molecule has 2 aromatic carbocycles. The lowest BCUT2D eigenvalue weighted by molar-refractivity contribution is 0.437. The van der Waals surface area contributed by atoms with E-state index in [1.165, 1.54) is 46.8 Å². The Morgan fingerprint density at radius 1 is 1.05 bits per heavy atom. The average molecular weight is 344 g/mol. The Morgan fingerprint density at radius 3 is 2.67 bits per heavy atom. The molecular weight excluding hydrogens is 322 g/mol. The highest BCUT2D eigenvalue weighted by Gasteiger charge is 2.20. The van der Waals surface area contributed by atoms with Gasteiger partial charge in [-0.3, -0.25) is 0 Å². The molecule has 0 saturated heterocycles. The van der Waals surface area contributed by atoms with Gasteiger partial charge in [0.1, 0.15) is 0 Å². The molecule has 21 heavy (non-hydrogen) atoms. The maximum Gasteiger partial charge on any atom is 0.0328 e. The van der Waals surface area contributed by atoms with Gasteiger partial charge < -0.3 is 5.32 Å². The highest BCUT2D eigenvalue weighted by Crippen LogP contribution is 2.32. The Bertz CT molecular complexity index is 608. The van der Waals surface area contributed by atoms with Crippen molar-refractivity contribution in [3.05, 3.63) is 69.7 Å². The van der Waals surface area contributed by atoms with E-state index in [0.29, 0.717) is 12.1 Å². The summed E-state index contributed by atoms with van der Waals surface area (Å²) in [5.41, 5.74) is 4.35. The fourth-order valence-corrected chi connectivity index (χ4v) is 3.94. The van der Waals surface area contributed by atoms with Crippen LogP contribution in [0.3, 0.4) is 0 Å². The van der Waals surface area contributed by atoms with Crippen LogP contribution >= 0.6 is 15.9 Å². The van der Waals surface area contributed by atoms with Crippen LogP contribution in [0.5, 0.6) is 0 Å². The molecular formula is C19H22BrN. The van der Waals surface area contributed by atoms with Gasteiger partial charge in [0.15, 0.2) is 0 Å². The smallest absolute Gasteiger partial charge is 0.0328 e. The zero-order valence-corrected chi connectivity index (χ0v) is 14.1. The number of hydrogen-bond donors (Lipinski definition) is 1. The summed E-state index contributed by atoms with van der Waals surface area (Å²) in [6, 6.07) is 18.2. The van der Waals surface area contributed by atoms with Crippen LogP contribution in [0, 0.1) is 0 Å². The van der Waals surface area contributed by atoms with E-state index in [-0.39, 0.29) is 0 Å². The Kier molecular flexibility index (Phi) is 4.77. The Morgan fingerprint density at radius 2 is 1.81 bits per heavy atom. The lowest BCUT2D eigenvalue weighted by Gasteiger charge is -2.25. The molecule has 0 spiro atoms. The largest absolute Gasteiger partial charge is 0.303 e. The SMILES string of the molecule is C[C@H](NC1CCCCc2ccccc21)c1ccccc1Br. The molecule has 0 fully saturated rings. The molecule has 0 aromatic heterocycles. The highest BCUT2D eigenvalue weighted by atomic mass is 79.9. The van der Waals surface area contributed by atoms with Crippen molar-refractivity contribution in [2.24, 2.45) is 0 Å². The quantitative estimate of drug-likeness (QED) is 0.718. The minimum Gasteiger partial charge on any atom is -0.303 e. The molecule has 0 aliphatic heterocycles. The first-order chi connectivity index (χ1) is 10.3. The molecule has 3 rings (SSSR count). The van der Waals surface area contributed by atoms with E-state index in [2.05, 4.69) is 76.7 Å². The van der Waals surface area contributed by atoms with Gasteiger partial charge in [-0.2, -0.15) is 0 Å². The number of rotatable bonds is 3. The number of hydrogen-bond acceptors (Lipinski definition) is 1. The maximum absolute atomic E-state index is 3.84. The third-order valence-electron chi connectivity index (χ3n) is 4.44. The Balaban J connectivity index is 1.83. The number of aryl methyl sites for hydroxylation is 1. The molecule has 1 unspecified atom stereocenters. The van der Waals surface area contributed by atoms with Gasteiger partial charge in [-0.05, 0) is 48.9 Å². The molecule has 0 amide bonds. The number of nitrogens with one attached hydrogen (secondary N) is 1. The Hall–Kier alpha value is -1.12. The second kappa shape index (κ2) is 6.76. The molecule has 1 aliphatic carbocycles. The van der Waals surface area contributed by atoms with Crippen LogP contribution in [0.2, 0.25) is 0 Å². The lowest BCUT2D eigenvalue weighted by atomic mass is 9.97. The van der Waals surface area contributed by atoms with Crippen molar-refractivity contribution in [1.82, 2.24) is 5.32 Å². The fourth-order valence-electron chi connectivity index (χ4n) is 3.31. The zero-order valence-electron chi connectivity index (χ0n) is 12.5. The summed E-state index contributed by atoms with van der Waals surface area (Å²) in [7, 11) is 0. The van der Waals surface area contributed by atoms with E-state index in [4.69, 9.17) is 0 Å². The monoisotopic (exact) mass is 343 g/mol. The predicted molar refractivity (Wildman–Crippen MR) is 92.4 cm³/mol. The van der Waals surface area contributed by atoms with Gasteiger partial charge in [0.2, 0.25) is 0 Å². The third-order valence-corrected chi connectivity index (χ3v) is 5.16. The second-order valence-electron chi connectivity index (χ2n) is 5.91. The first kappa shape index (κ1) is 14.8. The molecule has 0 heterocycles. The van der Waals surface area contributed by atoms with Crippen LogP contribution in [0.25, 0.3) is 0 Å². The molecule has 110 valence electrons. The van der Waals surface area contributed by atoms with Crippen LogP contribution in [0.4, 0.5) is 0 Å². The molecule has 0 saturated carbocycles. The Labute approximate surface area is 135 Å². The molecule has 2 atom stereocenters. The first-order valence-electron chi connectivity index (χ1n) is 7.84. The van der Waals surface area contributed by atoms with E-state index < -0.39 is 0 Å². The normalized spacial score (nSPS) is 19.6. The van der Waals surface area contributed by atoms with E-state index in [1.807, 2.05) is 0 Å². The summed E-state index contributed by atoms with van der Waals surface area (Å²) in [5, 5.41) is 3.84. The number of halogens is 1. The minimum absolute atomic E-state index is 0.344. The van der Waals surface area contributed by atoms with Crippen LogP contribution in [0.15, 0.2) is 53.0 Å². The van der Waals surface area contributed by atoms with Crippen molar-refractivity contribution in [1.29, 1.82) is 0 Å². The fraction of sp³-hybridized carbons (Fsp3) is 0.368. The van der Waals surface area contributed by atoms with Gasteiger partial charge in [-0.25, -0.2) is 0 Å². The van der Waals surface area contributed by atoms with Gasteiger partial charge in [0.25, 0.3) is 0 Å². The van der Waals surface area contributed by atoms with Crippen molar-refractivity contribution < 1.29 is 0 Å². The van der Waals surface area contributed by atoms with Crippen molar-refractivity contribution in [3.63, 3.8) is 0 Å². The molecule has 0 bridgehead atoms. The van der Waals surface area contributed by atoms with Crippen LogP contribution in [-0.2, 0) is 6.42 Å². The summed E-state index contributed by atoms with van der Waals surface area (Å²) >= 11 is 3.67. The maximum atomic E-state index is 3.84. The van der Waals surface area contributed by atoms with Crippen LogP contribution in [-0.4, -0.2) is 0 Å². The molecule has 1 aliphatic rings. The van der Waals surface area contributed by atoms with E-state index in [1.54, 1.807) is 0 Å². The van der Waals surface area contributed by atoms with E-state index >= 15 is 0 Å². The number of fused-ring (bicyclic) bond motifs is 1. The zero-order chi connectivity index (χ0) is 14.7. The summed E-state index contributed by atoms with van der Waals surface area (Å²) in [6.07, 6.45) is 5.05. The summed E-state index contributed by atoms with van der Waals surface area (Å²) in [4.78, 5) is 0. The van der Waals surface area contributed by atoms with Crippen molar-refractivity contribution in [3.8, 4) is 0 Å². The van der Waals surface area contributed by atoms with Crippen molar-refractivity contribution in [2.45, 2.75) is 44.7 Å². The highest BCUT2D eigenvalue weighted by molar-refractivity contribution is 9.10. The topological polar surface area (TPSA) is 12.0 Å². The summed E-state index contributed by atoms with van der Waals surface area (Å²) in [5.74, 6) is 0. The minimum atomic E-state index is 0.344. The first-order valence-corrected chi connectivity index (χ1v) is 8.63. The lowest BCUT2D eigenvalue weighted by Crippen LogP contribution is -2.25. The summed E-state index contributed by atoms with van der Waals surface area (Å²) in [6.45, 7) is 2.26. The number of benzene rings is 2. The predicted octanol–water partition coefficient (Wildman–Crippen LogP) is 5.57. The third kappa shape index (κ3) is 3.38. The van der Waals surface area contributed by atoms with Gasteiger partial charge in [-0.15, -0.1) is 0 Å². The second-order valence-corrected chi connectivity index (χ2v) is 6.76. The molecule has 2 heteroatoms. The van der Waals surface area contributed by atoms with Crippen molar-refractivity contribution in [2.75, 3.05) is 0 Å². The van der Waals surface area contributed by atoms with Gasteiger partial charge in [0, 0.05) is 16.6 Å². The molecule has 1 nitrogen and oxygen atoms in total. The van der Waals surface area contributed by atoms with Gasteiger partial charge in [0.05, 0.1) is 0 Å². The average Bonchev–Trinajstić information content (AvgIpc) is 2.70. The molecule has 1 N–H and O–H groups in total. The van der Waals surface area contributed by atoms with E-state index in [0.717, 1.165) is 0 Å².